The molecule has 0 spiro atoms. The lowest BCUT2D eigenvalue weighted by Crippen LogP contribution is -2.15. The highest BCUT2D eigenvalue weighted by atomic mass is 15.1. The van der Waals surface area contributed by atoms with E-state index in [1.165, 1.54) is 12.2 Å². The largest absolute Gasteiger partial charge is 0.316 e. The molecule has 0 aliphatic carbocycles. The topological polar surface area (TPSA) is 42.7 Å². The SMILES string of the molecule is CC(C)n1c(CC2CCNC2)nc2cccnc21. The first-order valence-electron chi connectivity index (χ1n) is 6.78. The van der Waals surface area contributed by atoms with Crippen LogP contribution in [0, 0.1) is 5.92 Å². The van der Waals surface area contributed by atoms with E-state index < -0.39 is 0 Å². The molecule has 1 atom stereocenters. The van der Waals surface area contributed by atoms with Gasteiger partial charge in [0, 0.05) is 18.7 Å². The Morgan fingerprint density at radius 1 is 1.50 bits per heavy atom. The van der Waals surface area contributed by atoms with Crippen molar-refractivity contribution in [2.75, 3.05) is 13.1 Å². The first kappa shape index (κ1) is 11.7. The van der Waals surface area contributed by atoms with Gasteiger partial charge in [0.25, 0.3) is 0 Å². The second-order valence-corrected chi connectivity index (χ2v) is 5.40. The van der Waals surface area contributed by atoms with E-state index in [4.69, 9.17) is 4.98 Å². The van der Waals surface area contributed by atoms with Crippen LogP contribution in [0.25, 0.3) is 11.2 Å². The maximum atomic E-state index is 4.77. The highest BCUT2D eigenvalue weighted by Gasteiger charge is 2.20. The second kappa shape index (κ2) is 4.69. The van der Waals surface area contributed by atoms with Crippen molar-refractivity contribution in [1.82, 2.24) is 19.9 Å². The average molecular weight is 244 g/mol. The first-order valence-corrected chi connectivity index (χ1v) is 6.78. The van der Waals surface area contributed by atoms with Crippen LogP contribution in [0.2, 0.25) is 0 Å². The molecule has 3 rings (SSSR count). The van der Waals surface area contributed by atoms with E-state index in [1.807, 2.05) is 12.3 Å². The first-order chi connectivity index (χ1) is 8.75. The maximum absolute atomic E-state index is 4.77. The highest BCUT2D eigenvalue weighted by Crippen LogP contribution is 2.22. The van der Waals surface area contributed by atoms with Crippen molar-refractivity contribution in [2.45, 2.75) is 32.7 Å². The van der Waals surface area contributed by atoms with Crippen LogP contribution < -0.4 is 5.32 Å². The molecule has 1 saturated heterocycles. The summed E-state index contributed by atoms with van der Waals surface area (Å²) < 4.78 is 2.29. The lowest BCUT2D eigenvalue weighted by molar-refractivity contribution is 0.512. The number of nitrogens with one attached hydrogen (secondary N) is 1. The zero-order chi connectivity index (χ0) is 12.5. The fourth-order valence-electron chi connectivity index (χ4n) is 2.81. The predicted octanol–water partition coefficient (Wildman–Crippen LogP) is 2.16. The molecule has 2 aromatic rings. The molecule has 1 aliphatic heterocycles. The lowest BCUT2D eigenvalue weighted by atomic mass is 10.0. The molecular formula is C14H20N4. The van der Waals surface area contributed by atoms with Crippen molar-refractivity contribution in [3.05, 3.63) is 24.2 Å². The molecule has 0 amide bonds. The van der Waals surface area contributed by atoms with Crippen LogP contribution in [-0.4, -0.2) is 27.6 Å². The summed E-state index contributed by atoms with van der Waals surface area (Å²) in [5.74, 6) is 1.91. The number of aromatic nitrogens is 3. The van der Waals surface area contributed by atoms with E-state index in [1.54, 1.807) is 0 Å². The molecule has 1 aliphatic rings. The van der Waals surface area contributed by atoms with Crippen molar-refractivity contribution < 1.29 is 0 Å². The maximum Gasteiger partial charge on any atom is 0.160 e. The minimum atomic E-state index is 0.411. The van der Waals surface area contributed by atoms with Crippen LogP contribution >= 0.6 is 0 Å². The minimum absolute atomic E-state index is 0.411. The molecule has 18 heavy (non-hydrogen) atoms. The summed E-state index contributed by atoms with van der Waals surface area (Å²) in [7, 11) is 0. The molecule has 1 unspecified atom stereocenters. The van der Waals surface area contributed by atoms with E-state index in [-0.39, 0.29) is 0 Å². The van der Waals surface area contributed by atoms with Crippen LogP contribution in [0.15, 0.2) is 18.3 Å². The molecule has 1 fully saturated rings. The molecule has 0 bridgehead atoms. The number of hydrogen-bond acceptors (Lipinski definition) is 3. The summed E-state index contributed by atoms with van der Waals surface area (Å²) in [4.78, 5) is 9.25. The van der Waals surface area contributed by atoms with Gasteiger partial charge in [0.2, 0.25) is 0 Å². The number of hydrogen-bond donors (Lipinski definition) is 1. The fraction of sp³-hybridized carbons (Fsp3) is 0.571. The zero-order valence-corrected chi connectivity index (χ0v) is 11.1. The smallest absolute Gasteiger partial charge is 0.160 e. The third-order valence-corrected chi connectivity index (χ3v) is 3.67. The molecular weight excluding hydrogens is 224 g/mol. The number of imidazole rings is 1. The molecule has 96 valence electrons. The van der Waals surface area contributed by atoms with Crippen molar-refractivity contribution in [3.63, 3.8) is 0 Å². The van der Waals surface area contributed by atoms with Gasteiger partial charge in [-0.25, -0.2) is 9.97 Å². The highest BCUT2D eigenvalue weighted by molar-refractivity contribution is 5.71. The van der Waals surface area contributed by atoms with Gasteiger partial charge in [-0.3, -0.25) is 0 Å². The summed E-state index contributed by atoms with van der Waals surface area (Å²) in [6, 6.07) is 4.42. The normalized spacial score (nSPS) is 20.1. The molecule has 3 heterocycles. The fourth-order valence-corrected chi connectivity index (χ4v) is 2.81. The molecule has 0 aromatic carbocycles. The number of pyridine rings is 1. The Morgan fingerprint density at radius 3 is 3.11 bits per heavy atom. The van der Waals surface area contributed by atoms with Gasteiger partial charge in [-0.2, -0.15) is 0 Å². The summed E-state index contributed by atoms with van der Waals surface area (Å²) in [5, 5.41) is 3.42. The van der Waals surface area contributed by atoms with Crippen molar-refractivity contribution >= 4 is 11.2 Å². The van der Waals surface area contributed by atoms with Gasteiger partial charge < -0.3 is 9.88 Å². The van der Waals surface area contributed by atoms with Crippen LogP contribution in [0.1, 0.15) is 32.1 Å². The molecule has 0 radical (unpaired) electrons. The minimum Gasteiger partial charge on any atom is -0.316 e. The summed E-state index contributed by atoms with van der Waals surface area (Å²) in [5.41, 5.74) is 2.04. The van der Waals surface area contributed by atoms with Gasteiger partial charge in [0.1, 0.15) is 11.3 Å². The summed E-state index contributed by atoms with van der Waals surface area (Å²) in [6.45, 7) is 6.66. The van der Waals surface area contributed by atoms with E-state index in [2.05, 4.69) is 34.8 Å². The van der Waals surface area contributed by atoms with Gasteiger partial charge in [0.05, 0.1) is 0 Å². The van der Waals surface area contributed by atoms with Crippen LogP contribution in [0.5, 0.6) is 0 Å². The van der Waals surface area contributed by atoms with Gasteiger partial charge in [-0.15, -0.1) is 0 Å². The lowest BCUT2D eigenvalue weighted by Gasteiger charge is -2.14. The van der Waals surface area contributed by atoms with E-state index >= 15 is 0 Å². The summed E-state index contributed by atoms with van der Waals surface area (Å²) in [6.07, 6.45) is 4.17. The third kappa shape index (κ3) is 2.01. The average Bonchev–Trinajstić information content (AvgIpc) is 2.95. The van der Waals surface area contributed by atoms with Crippen molar-refractivity contribution in [1.29, 1.82) is 0 Å². The molecule has 4 heteroatoms. The third-order valence-electron chi connectivity index (χ3n) is 3.67. The number of nitrogens with zero attached hydrogens (tertiary/aromatic N) is 3. The van der Waals surface area contributed by atoms with Crippen molar-refractivity contribution in [3.8, 4) is 0 Å². The molecule has 2 aromatic heterocycles. The molecule has 0 saturated carbocycles. The Bertz CT molecular complexity index is 538. The summed E-state index contributed by atoms with van der Waals surface area (Å²) >= 11 is 0. The van der Waals surface area contributed by atoms with Gasteiger partial charge >= 0.3 is 0 Å². The number of rotatable bonds is 3. The Kier molecular flexibility index (Phi) is 3.04. The predicted molar refractivity (Wildman–Crippen MR) is 72.6 cm³/mol. The van der Waals surface area contributed by atoms with Gasteiger partial charge in [-0.05, 0) is 51.4 Å². The van der Waals surface area contributed by atoms with E-state index in [0.29, 0.717) is 6.04 Å². The van der Waals surface area contributed by atoms with Crippen molar-refractivity contribution in [2.24, 2.45) is 5.92 Å². The van der Waals surface area contributed by atoms with E-state index in [0.717, 1.165) is 36.6 Å². The Balaban J connectivity index is 2.01. The quantitative estimate of drug-likeness (QED) is 0.899. The molecule has 4 nitrogen and oxygen atoms in total. The van der Waals surface area contributed by atoms with Crippen LogP contribution in [-0.2, 0) is 6.42 Å². The van der Waals surface area contributed by atoms with Crippen LogP contribution in [0.4, 0.5) is 0 Å². The van der Waals surface area contributed by atoms with E-state index in [9.17, 15) is 0 Å². The zero-order valence-electron chi connectivity index (χ0n) is 11.1. The Morgan fingerprint density at radius 2 is 2.39 bits per heavy atom. The molecule has 1 N–H and O–H groups in total. The monoisotopic (exact) mass is 244 g/mol. The second-order valence-electron chi connectivity index (χ2n) is 5.40. The standard InChI is InChI=1S/C14H20N4/c1-10(2)18-13(8-11-5-7-15-9-11)17-12-4-3-6-16-14(12)18/h3-4,6,10-11,15H,5,7-9H2,1-2H3. The van der Waals surface area contributed by atoms with Gasteiger partial charge in [0.15, 0.2) is 5.65 Å². The van der Waals surface area contributed by atoms with Crippen LogP contribution in [0.3, 0.4) is 0 Å². The number of fused-ring (bicyclic) bond motifs is 1. The van der Waals surface area contributed by atoms with Gasteiger partial charge in [-0.1, -0.05) is 0 Å². The Hall–Kier alpha value is -1.42. The Labute approximate surface area is 107 Å².